The van der Waals surface area contributed by atoms with Gasteiger partial charge in [0.25, 0.3) is 0 Å². The summed E-state index contributed by atoms with van der Waals surface area (Å²) < 4.78 is 11.6. The van der Waals surface area contributed by atoms with E-state index in [1.807, 2.05) is 0 Å². The van der Waals surface area contributed by atoms with Gasteiger partial charge in [-0.3, -0.25) is 4.79 Å². The molecular formula is C13H20O3. The molecule has 0 amide bonds. The number of hydrogen-bond donors (Lipinski definition) is 0. The van der Waals surface area contributed by atoms with Gasteiger partial charge in [-0.15, -0.1) is 0 Å². The average Bonchev–Trinajstić information content (AvgIpc) is 2.76. The maximum Gasteiger partial charge on any atom is 0.157 e. The van der Waals surface area contributed by atoms with Crippen LogP contribution >= 0.6 is 0 Å². The highest BCUT2D eigenvalue weighted by atomic mass is 16.7. The number of ketones is 1. The molecule has 3 unspecified atom stereocenters. The van der Waals surface area contributed by atoms with Crippen LogP contribution in [-0.4, -0.2) is 24.8 Å². The van der Waals surface area contributed by atoms with Gasteiger partial charge in [0.2, 0.25) is 0 Å². The van der Waals surface area contributed by atoms with Crippen molar-refractivity contribution in [1.82, 2.24) is 0 Å². The molecule has 0 aromatic rings. The fourth-order valence-electron chi connectivity index (χ4n) is 3.47. The van der Waals surface area contributed by atoms with Gasteiger partial charge >= 0.3 is 0 Å². The second-order valence-electron chi connectivity index (χ2n) is 5.49. The molecule has 3 atom stereocenters. The predicted octanol–water partition coefficient (Wildman–Crippen LogP) is 2.29. The van der Waals surface area contributed by atoms with Gasteiger partial charge in [0.05, 0.1) is 6.10 Å². The number of ether oxygens (including phenoxy) is 2. The Morgan fingerprint density at radius 3 is 2.50 bits per heavy atom. The van der Waals surface area contributed by atoms with Gasteiger partial charge < -0.3 is 9.47 Å². The van der Waals surface area contributed by atoms with Crippen LogP contribution in [0.3, 0.4) is 0 Å². The summed E-state index contributed by atoms with van der Waals surface area (Å²) in [5.74, 6) is 1.68. The summed E-state index contributed by atoms with van der Waals surface area (Å²) >= 11 is 0. The topological polar surface area (TPSA) is 35.5 Å². The molecule has 3 fully saturated rings. The lowest BCUT2D eigenvalue weighted by molar-refractivity contribution is -0.187. The van der Waals surface area contributed by atoms with Gasteiger partial charge in [-0.2, -0.15) is 0 Å². The van der Waals surface area contributed by atoms with Crippen LogP contribution in [0, 0.1) is 11.8 Å². The second-order valence-corrected chi connectivity index (χ2v) is 5.49. The summed E-state index contributed by atoms with van der Waals surface area (Å²) in [6.07, 6.45) is 7.59. The molecule has 0 aromatic carbocycles. The summed E-state index contributed by atoms with van der Waals surface area (Å²) in [6, 6.07) is 0. The molecular weight excluding hydrogens is 204 g/mol. The molecule has 0 bridgehead atoms. The van der Waals surface area contributed by atoms with Crippen LogP contribution in [0.4, 0.5) is 0 Å². The van der Waals surface area contributed by atoms with E-state index in [0.717, 1.165) is 38.7 Å². The smallest absolute Gasteiger partial charge is 0.157 e. The number of hydrogen-bond acceptors (Lipinski definition) is 3. The minimum Gasteiger partial charge on any atom is -0.353 e. The molecule has 16 heavy (non-hydrogen) atoms. The highest BCUT2D eigenvalue weighted by Crippen LogP contribution is 2.44. The normalized spacial score (nSPS) is 43.6. The number of carbonyl (C=O) groups excluding carboxylic acids is 1. The Kier molecular flexibility index (Phi) is 2.99. The zero-order chi connectivity index (χ0) is 11.0. The molecule has 1 aliphatic heterocycles. The molecule has 1 saturated heterocycles. The number of fused-ring (bicyclic) bond motifs is 1. The summed E-state index contributed by atoms with van der Waals surface area (Å²) in [7, 11) is 0. The molecule has 90 valence electrons. The maximum absolute atomic E-state index is 11.3. The first-order valence-electron chi connectivity index (χ1n) is 6.60. The van der Waals surface area contributed by atoms with Crippen molar-refractivity contribution in [3.8, 4) is 0 Å². The minimum absolute atomic E-state index is 0.0354. The third-order valence-corrected chi connectivity index (χ3v) is 4.26. The molecule has 3 heteroatoms. The van der Waals surface area contributed by atoms with Gasteiger partial charge in [0.15, 0.2) is 6.29 Å². The van der Waals surface area contributed by atoms with Crippen molar-refractivity contribution in [3.63, 3.8) is 0 Å². The Balaban J connectivity index is 1.49. The van der Waals surface area contributed by atoms with Gasteiger partial charge in [-0.1, -0.05) is 0 Å². The van der Waals surface area contributed by atoms with Gasteiger partial charge in [-0.05, 0) is 43.9 Å². The van der Waals surface area contributed by atoms with Crippen molar-refractivity contribution in [2.45, 2.75) is 57.3 Å². The summed E-state index contributed by atoms with van der Waals surface area (Å²) in [5, 5.41) is 0. The molecule has 2 saturated carbocycles. The molecule has 3 rings (SSSR count). The van der Waals surface area contributed by atoms with Crippen molar-refractivity contribution in [2.24, 2.45) is 11.8 Å². The molecule has 0 N–H and O–H groups in total. The molecule has 2 aliphatic carbocycles. The molecule has 1 heterocycles. The van der Waals surface area contributed by atoms with Crippen LogP contribution in [0.5, 0.6) is 0 Å². The lowest BCUT2D eigenvalue weighted by Gasteiger charge is -2.26. The lowest BCUT2D eigenvalue weighted by Crippen LogP contribution is -2.27. The van der Waals surface area contributed by atoms with E-state index < -0.39 is 0 Å². The monoisotopic (exact) mass is 224 g/mol. The van der Waals surface area contributed by atoms with Crippen LogP contribution in [-0.2, 0) is 14.3 Å². The molecule has 0 aromatic heterocycles. The van der Waals surface area contributed by atoms with Crippen molar-refractivity contribution in [3.05, 3.63) is 0 Å². The number of Topliss-reactive ketones (excluding diaryl/α,β-unsaturated/α-hetero) is 1. The quantitative estimate of drug-likeness (QED) is 0.722. The largest absolute Gasteiger partial charge is 0.353 e. The van der Waals surface area contributed by atoms with Gasteiger partial charge in [0.1, 0.15) is 5.78 Å². The van der Waals surface area contributed by atoms with Crippen molar-refractivity contribution < 1.29 is 14.3 Å². The lowest BCUT2D eigenvalue weighted by atomic mass is 10.0. The highest BCUT2D eigenvalue weighted by Gasteiger charge is 2.42. The zero-order valence-electron chi connectivity index (χ0n) is 9.69. The first-order chi connectivity index (χ1) is 7.81. The number of carbonyl (C=O) groups is 1. The highest BCUT2D eigenvalue weighted by molar-refractivity contribution is 5.81. The third-order valence-electron chi connectivity index (χ3n) is 4.26. The van der Waals surface area contributed by atoms with Crippen molar-refractivity contribution in [1.29, 1.82) is 0 Å². The molecule has 3 nitrogen and oxygen atoms in total. The first-order valence-corrected chi connectivity index (χ1v) is 6.60. The molecule has 0 spiro atoms. The minimum atomic E-state index is 0.0354. The van der Waals surface area contributed by atoms with E-state index in [4.69, 9.17) is 9.47 Å². The van der Waals surface area contributed by atoms with Crippen LogP contribution in [0.15, 0.2) is 0 Å². The van der Waals surface area contributed by atoms with E-state index in [0.29, 0.717) is 23.7 Å². The molecule has 3 aliphatic rings. The summed E-state index contributed by atoms with van der Waals surface area (Å²) in [6.45, 7) is 0.850. The summed E-state index contributed by atoms with van der Waals surface area (Å²) in [4.78, 5) is 11.3. The Labute approximate surface area is 96.5 Å². The van der Waals surface area contributed by atoms with Crippen LogP contribution < -0.4 is 0 Å². The van der Waals surface area contributed by atoms with E-state index in [2.05, 4.69) is 0 Å². The first kappa shape index (κ1) is 10.7. The zero-order valence-corrected chi connectivity index (χ0v) is 9.69. The predicted molar refractivity (Wildman–Crippen MR) is 58.9 cm³/mol. The van der Waals surface area contributed by atoms with E-state index >= 15 is 0 Å². The Morgan fingerprint density at radius 2 is 1.88 bits per heavy atom. The fourth-order valence-corrected chi connectivity index (χ4v) is 3.47. The second kappa shape index (κ2) is 4.46. The molecule has 0 radical (unpaired) electrons. The van der Waals surface area contributed by atoms with Gasteiger partial charge in [-0.25, -0.2) is 0 Å². The van der Waals surface area contributed by atoms with E-state index in [-0.39, 0.29) is 6.29 Å². The third kappa shape index (κ3) is 2.16. The number of rotatable bonds is 2. The Bertz CT molecular complexity index is 254. The van der Waals surface area contributed by atoms with Crippen molar-refractivity contribution >= 4 is 5.78 Å². The van der Waals surface area contributed by atoms with Crippen LogP contribution in [0.25, 0.3) is 0 Å². The summed E-state index contributed by atoms with van der Waals surface area (Å²) in [5.41, 5.74) is 0. The Morgan fingerprint density at radius 1 is 1.12 bits per heavy atom. The fraction of sp³-hybridized carbons (Fsp3) is 0.923. The SMILES string of the molecule is O=C1CC2CC(OC3CCCCO3)CC2C1. The maximum atomic E-state index is 11.3. The standard InChI is InChI=1S/C13H20O3/c14-11-5-9-7-12(8-10(9)6-11)16-13-3-1-2-4-15-13/h9-10,12-13H,1-8H2. The van der Waals surface area contributed by atoms with Crippen LogP contribution in [0.2, 0.25) is 0 Å². The van der Waals surface area contributed by atoms with E-state index in [1.165, 1.54) is 12.8 Å². The average molecular weight is 224 g/mol. The Hall–Kier alpha value is -0.410. The van der Waals surface area contributed by atoms with Crippen LogP contribution in [0.1, 0.15) is 44.9 Å². The van der Waals surface area contributed by atoms with E-state index in [9.17, 15) is 4.79 Å². The van der Waals surface area contributed by atoms with E-state index in [1.54, 1.807) is 0 Å². The van der Waals surface area contributed by atoms with Gasteiger partial charge in [0, 0.05) is 19.4 Å². The van der Waals surface area contributed by atoms with Crippen molar-refractivity contribution in [2.75, 3.05) is 6.61 Å².